The number of rotatable bonds is 3. The van der Waals surface area contributed by atoms with E-state index in [1.54, 1.807) is 12.4 Å². The predicted molar refractivity (Wildman–Crippen MR) is 60.4 cm³/mol. The van der Waals surface area contributed by atoms with E-state index >= 15 is 0 Å². The van der Waals surface area contributed by atoms with Crippen molar-refractivity contribution in [2.75, 3.05) is 0 Å². The number of aromatic nitrogens is 1. The maximum absolute atomic E-state index is 11.8. The van der Waals surface area contributed by atoms with Gasteiger partial charge in [-0.25, -0.2) is 0 Å². The average molecular weight is 206 g/mol. The Bertz CT molecular complexity index is 327. The fourth-order valence-electron chi connectivity index (χ4n) is 1.29. The highest BCUT2D eigenvalue weighted by Gasteiger charge is 2.26. The molecular weight excluding hydrogens is 188 g/mol. The Balaban J connectivity index is 2.65. The maximum Gasteiger partial charge on any atom is 0.154 e. The van der Waals surface area contributed by atoms with E-state index in [1.807, 2.05) is 32.9 Å². The van der Waals surface area contributed by atoms with Crippen molar-refractivity contribution in [2.24, 2.45) is 11.1 Å². The van der Waals surface area contributed by atoms with Gasteiger partial charge in [-0.3, -0.25) is 9.78 Å². The molecule has 0 amide bonds. The molecule has 3 nitrogen and oxygen atoms in total. The topological polar surface area (TPSA) is 56.0 Å². The van der Waals surface area contributed by atoms with Crippen LogP contribution in [0.1, 0.15) is 26.3 Å². The van der Waals surface area contributed by atoms with Crippen molar-refractivity contribution < 1.29 is 4.79 Å². The molecular formula is C12H18N2O. The Labute approximate surface area is 90.7 Å². The molecule has 0 saturated carbocycles. The molecule has 0 aliphatic carbocycles. The van der Waals surface area contributed by atoms with Gasteiger partial charge in [-0.1, -0.05) is 20.8 Å². The van der Waals surface area contributed by atoms with Gasteiger partial charge in [0.15, 0.2) is 5.78 Å². The fourth-order valence-corrected chi connectivity index (χ4v) is 1.29. The highest BCUT2D eigenvalue weighted by Crippen LogP contribution is 2.19. The zero-order chi connectivity index (χ0) is 11.5. The van der Waals surface area contributed by atoms with Gasteiger partial charge in [-0.2, -0.15) is 0 Å². The van der Waals surface area contributed by atoms with E-state index in [0.29, 0.717) is 6.42 Å². The van der Waals surface area contributed by atoms with Crippen LogP contribution in [0.5, 0.6) is 0 Å². The molecule has 3 heteroatoms. The third kappa shape index (κ3) is 3.44. The number of hydrogen-bond acceptors (Lipinski definition) is 3. The summed E-state index contributed by atoms with van der Waals surface area (Å²) in [5, 5.41) is 0. The zero-order valence-electron chi connectivity index (χ0n) is 9.53. The lowest BCUT2D eigenvalue weighted by atomic mass is 9.83. The molecule has 0 spiro atoms. The summed E-state index contributed by atoms with van der Waals surface area (Å²) in [5.74, 6) is 0.0775. The Morgan fingerprint density at radius 2 is 1.93 bits per heavy atom. The van der Waals surface area contributed by atoms with Crippen LogP contribution in [-0.4, -0.2) is 16.8 Å². The van der Waals surface area contributed by atoms with Crippen LogP contribution in [0.15, 0.2) is 24.5 Å². The third-order valence-electron chi connectivity index (χ3n) is 2.41. The average Bonchev–Trinajstić information content (AvgIpc) is 2.16. The summed E-state index contributed by atoms with van der Waals surface area (Å²) < 4.78 is 0. The van der Waals surface area contributed by atoms with Crippen molar-refractivity contribution in [3.63, 3.8) is 0 Å². The smallest absolute Gasteiger partial charge is 0.154 e. The number of carbonyl (C=O) groups excluding carboxylic acids is 1. The summed E-state index contributed by atoms with van der Waals surface area (Å²) in [6.07, 6.45) is 3.76. The lowest BCUT2D eigenvalue weighted by Crippen LogP contribution is -2.43. The lowest BCUT2D eigenvalue weighted by Gasteiger charge is -2.25. The molecule has 0 aromatic carbocycles. The molecule has 1 unspecified atom stereocenters. The zero-order valence-corrected chi connectivity index (χ0v) is 9.53. The second-order valence-electron chi connectivity index (χ2n) is 4.84. The molecule has 1 rings (SSSR count). The number of carbonyl (C=O) groups is 1. The van der Waals surface area contributed by atoms with Gasteiger partial charge in [0.1, 0.15) is 0 Å². The van der Waals surface area contributed by atoms with Crippen LogP contribution in [0.2, 0.25) is 0 Å². The van der Waals surface area contributed by atoms with E-state index in [9.17, 15) is 4.79 Å². The van der Waals surface area contributed by atoms with Crippen LogP contribution in [0.25, 0.3) is 0 Å². The van der Waals surface area contributed by atoms with Gasteiger partial charge in [0.2, 0.25) is 0 Å². The number of nitrogens with two attached hydrogens (primary N) is 1. The summed E-state index contributed by atoms with van der Waals surface area (Å²) in [6, 6.07) is 3.27. The van der Waals surface area contributed by atoms with Crippen molar-refractivity contribution >= 4 is 5.78 Å². The van der Waals surface area contributed by atoms with E-state index < -0.39 is 6.04 Å². The normalized spacial score (nSPS) is 13.6. The van der Waals surface area contributed by atoms with E-state index in [-0.39, 0.29) is 11.2 Å². The first-order valence-corrected chi connectivity index (χ1v) is 5.08. The van der Waals surface area contributed by atoms with Gasteiger partial charge in [0.05, 0.1) is 6.04 Å². The molecule has 1 heterocycles. The minimum absolute atomic E-state index is 0.0775. The number of nitrogens with zero attached hydrogens (tertiary/aromatic N) is 1. The summed E-state index contributed by atoms with van der Waals surface area (Å²) in [7, 11) is 0. The molecule has 1 atom stereocenters. The van der Waals surface area contributed by atoms with Crippen LogP contribution in [0, 0.1) is 5.41 Å². The van der Waals surface area contributed by atoms with Gasteiger partial charge in [0.25, 0.3) is 0 Å². The highest BCUT2D eigenvalue weighted by molar-refractivity contribution is 5.86. The SMILES string of the molecule is CC(C)(C)C(N)C(=O)Cc1ccncc1. The first kappa shape index (κ1) is 11.9. The molecule has 0 saturated heterocycles. The third-order valence-corrected chi connectivity index (χ3v) is 2.41. The summed E-state index contributed by atoms with van der Waals surface area (Å²) in [5.41, 5.74) is 6.67. The number of hydrogen-bond donors (Lipinski definition) is 1. The fraction of sp³-hybridized carbons (Fsp3) is 0.500. The quantitative estimate of drug-likeness (QED) is 0.816. The van der Waals surface area contributed by atoms with Crippen molar-refractivity contribution in [1.82, 2.24) is 4.98 Å². The first-order valence-electron chi connectivity index (χ1n) is 5.08. The maximum atomic E-state index is 11.8. The van der Waals surface area contributed by atoms with Crippen LogP contribution >= 0.6 is 0 Å². The Hall–Kier alpha value is -1.22. The predicted octanol–water partition coefficient (Wildman–Crippen LogP) is 1.57. The first-order chi connectivity index (χ1) is 6.91. The van der Waals surface area contributed by atoms with E-state index in [1.165, 1.54) is 0 Å². The van der Waals surface area contributed by atoms with E-state index in [2.05, 4.69) is 4.98 Å². The summed E-state index contributed by atoms with van der Waals surface area (Å²) in [4.78, 5) is 15.7. The molecule has 0 fully saturated rings. The summed E-state index contributed by atoms with van der Waals surface area (Å²) >= 11 is 0. The summed E-state index contributed by atoms with van der Waals surface area (Å²) in [6.45, 7) is 5.92. The van der Waals surface area contributed by atoms with Crippen LogP contribution in [0.3, 0.4) is 0 Å². The molecule has 1 aromatic rings. The second-order valence-corrected chi connectivity index (χ2v) is 4.84. The second kappa shape index (κ2) is 4.53. The Morgan fingerprint density at radius 1 is 1.40 bits per heavy atom. The largest absolute Gasteiger partial charge is 0.321 e. The molecule has 1 aromatic heterocycles. The molecule has 0 aliphatic heterocycles. The van der Waals surface area contributed by atoms with E-state index in [0.717, 1.165) is 5.56 Å². The molecule has 0 bridgehead atoms. The van der Waals surface area contributed by atoms with Crippen molar-refractivity contribution in [1.29, 1.82) is 0 Å². The Morgan fingerprint density at radius 3 is 2.40 bits per heavy atom. The number of ketones is 1. The van der Waals surface area contributed by atoms with Crippen molar-refractivity contribution in [3.8, 4) is 0 Å². The Kier molecular flexibility index (Phi) is 3.58. The molecule has 0 radical (unpaired) electrons. The van der Waals surface area contributed by atoms with E-state index in [4.69, 9.17) is 5.73 Å². The van der Waals surface area contributed by atoms with Gasteiger partial charge < -0.3 is 5.73 Å². The molecule has 2 N–H and O–H groups in total. The monoisotopic (exact) mass is 206 g/mol. The van der Waals surface area contributed by atoms with Gasteiger partial charge in [0, 0.05) is 18.8 Å². The minimum atomic E-state index is -0.411. The molecule has 82 valence electrons. The highest BCUT2D eigenvalue weighted by atomic mass is 16.1. The van der Waals surface area contributed by atoms with Gasteiger partial charge in [-0.05, 0) is 23.1 Å². The van der Waals surface area contributed by atoms with Crippen LogP contribution in [0.4, 0.5) is 0 Å². The minimum Gasteiger partial charge on any atom is -0.321 e. The van der Waals surface area contributed by atoms with Gasteiger partial charge in [-0.15, -0.1) is 0 Å². The molecule has 15 heavy (non-hydrogen) atoms. The molecule has 0 aliphatic rings. The van der Waals surface area contributed by atoms with Crippen LogP contribution < -0.4 is 5.73 Å². The van der Waals surface area contributed by atoms with Crippen molar-refractivity contribution in [3.05, 3.63) is 30.1 Å². The number of Topliss-reactive ketones (excluding diaryl/α,β-unsaturated/α-hetero) is 1. The van der Waals surface area contributed by atoms with Crippen LogP contribution in [-0.2, 0) is 11.2 Å². The lowest BCUT2D eigenvalue weighted by molar-refractivity contribution is -0.121. The van der Waals surface area contributed by atoms with Gasteiger partial charge >= 0.3 is 0 Å². The number of pyridine rings is 1. The van der Waals surface area contributed by atoms with Crippen molar-refractivity contribution in [2.45, 2.75) is 33.2 Å². The standard InChI is InChI=1S/C12H18N2O/c1-12(2,3)11(13)10(15)8-9-4-6-14-7-5-9/h4-7,11H,8,13H2,1-3H3.